The number of benzene rings is 2. The molecular weight excluding hydrogens is 347 g/mol. The number of hydrogen-bond acceptors (Lipinski definition) is 4. The maximum atomic E-state index is 14.3. The van der Waals surface area contributed by atoms with Gasteiger partial charge in [-0.25, -0.2) is 9.18 Å². The summed E-state index contributed by atoms with van der Waals surface area (Å²) in [4.78, 5) is 11.5. The average molecular weight is 361 g/mol. The third-order valence-electron chi connectivity index (χ3n) is 3.66. The molecule has 3 aromatic rings. The smallest absolute Gasteiger partial charge is 0.335 e. The Labute approximate surface area is 147 Å². The van der Waals surface area contributed by atoms with E-state index in [9.17, 15) is 14.3 Å². The number of halogens is 2. The molecule has 0 atom stereocenters. The number of carboxylic acid groups (broad SMARTS) is 1. The highest BCUT2D eigenvalue weighted by Crippen LogP contribution is 2.29. The summed E-state index contributed by atoms with van der Waals surface area (Å²) in [5.41, 5.74) is 1.09. The zero-order chi connectivity index (χ0) is 18.1. The van der Waals surface area contributed by atoms with E-state index in [1.807, 2.05) is 13.8 Å². The van der Waals surface area contributed by atoms with Crippen molar-refractivity contribution < 1.29 is 14.3 Å². The fourth-order valence-electron chi connectivity index (χ4n) is 2.47. The van der Waals surface area contributed by atoms with E-state index in [0.717, 1.165) is 0 Å². The van der Waals surface area contributed by atoms with Crippen molar-refractivity contribution in [1.82, 2.24) is 20.2 Å². The van der Waals surface area contributed by atoms with Crippen molar-refractivity contribution >= 4 is 17.6 Å². The second kappa shape index (κ2) is 6.60. The molecule has 0 saturated carbocycles. The molecule has 6 nitrogen and oxygen atoms in total. The summed E-state index contributed by atoms with van der Waals surface area (Å²) in [7, 11) is 0. The lowest BCUT2D eigenvalue weighted by Gasteiger charge is -2.11. The molecule has 1 aromatic heterocycles. The van der Waals surface area contributed by atoms with Gasteiger partial charge >= 0.3 is 5.97 Å². The molecule has 0 spiro atoms. The summed E-state index contributed by atoms with van der Waals surface area (Å²) in [6.07, 6.45) is 0. The van der Waals surface area contributed by atoms with Crippen molar-refractivity contribution in [3.8, 4) is 16.8 Å². The van der Waals surface area contributed by atoms with Crippen LogP contribution in [-0.4, -0.2) is 31.3 Å². The van der Waals surface area contributed by atoms with Gasteiger partial charge in [0.2, 0.25) is 0 Å². The summed E-state index contributed by atoms with van der Waals surface area (Å²) >= 11 is 5.79. The Kier molecular flexibility index (Phi) is 4.50. The Bertz CT molecular complexity index is 956. The molecule has 3 rings (SSSR count). The van der Waals surface area contributed by atoms with Gasteiger partial charge in [0.1, 0.15) is 5.82 Å². The predicted octanol–water partition coefficient (Wildman–Crippen LogP) is 3.94. The van der Waals surface area contributed by atoms with Crippen LogP contribution in [0.25, 0.3) is 16.8 Å². The number of aromatic carboxylic acids is 1. The van der Waals surface area contributed by atoms with Gasteiger partial charge in [0, 0.05) is 16.5 Å². The summed E-state index contributed by atoms with van der Waals surface area (Å²) in [5.74, 6) is -1.07. The Hall–Kier alpha value is -2.80. The molecule has 0 unspecified atom stereocenters. The van der Waals surface area contributed by atoms with Gasteiger partial charge in [0.05, 0.1) is 11.3 Å². The predicted molar refractivity (Wildman–Crippen MR) is 90.6 cm³/mol. The minimum atomic E-state index is -1.13. The minimum absolute atomic E-state index is 0.00653. The first-order valence-electron chi connectivity index (χ1n) is 7.49. The second-order valence-electron chi connectivity index (χ2n) is 5.80. The summed E-state index contributed by atoms with van der Waals surface area (Å²) < 4.78 is 15.7. The molecule has 128 valence electrons. The molecular formula is C17H14ClFN4O2. The van der Waals surface area contributed by atoms with E-state index in [2.05, 4.69) is 15.5 Å². The molecule has 1 N–H and O–H groups in total. The largest absolute Gasteiger partial charge is 0.478 e. The van der Waals surface area contributed by atoms with E-state index in [0.29, 0.717) is 17.1 Å². The van der Waals surface area contributed by atoms with Gasteiger partial charge in [-0.15, -0.1) is 5.10 Å². The number of tetrazole rings is 1. The van der Waals surface area contributed by atoms with Gasteiger partial charge < -0.3 is 5.11 Å². The lowest BCUT2D eigenvalue weighted by molar-refractivity contribution is 0.0697. The van der Waals surface area contributed by atoms with Crippen molar-refractivity contribution in [2.24, 2.45) is 0 Å². The van der Waals surface area contributed by atoms with Gasteiger partial charge in [0.15, 0.2) is 5.82 Å². The van der Waals surface area contributed by atoms with Gasteiger partial charge in [-0.05, 0) is 52.4 Å². The molecule has 0 aliphatic carbocycles. The molecule has 0 radical (unpaired) electrons. The van der Waals surface area contributed by atoms with E-state index in [-0.39, 0.29) is 22.1 Å². The van der Waals surface area contributed by atoms with E-state index in [1.54, 1.807) is 12.1 Å². The van der Waals surface area contributed by atoms with E-state index in [4.69, 9.17) is 11.6 Å². The van der Waals surface area contributed by atoms with Crippen LogP contribution in [0.3, 0.4) is 0 Å². The highest BCUT2D eigenvalue weighted by atomic mass is 35.5. The zero-order valence-electron chi connectivity index (χ0n) is 13.4. The molecule has 0 saturated heterocycles. The van der Waals surface area contributed by atoms with E-state index < -0.39 is 11.8 Å². The highest BCUT2D eigenvalue weighted by Gasteiger charge is 2.17. The first kappa shape index (κ1) is 17.0. The van der Waals surface area contributed by atoms with Crippen molar-refractivity contribution in [2.45, 2.75) is 19.8 Å². The van der Waals surface area contributed by atoms with E-state index >= 15 is 0 Å². The maximum absolute atomic E-state index is 14.3. The van der Waals surface area contributed by atoms with Gasteiger partial charge in [0.25, 0.3) is 0 Å². The van der Waals surface area contributed by atoms with Crippen molar-refractivity contribution in [1.29, 1.82) is 0 Å². The van der Waals surface area contributed by atoms with Gasteiger partial charge in [-0.1, -0.05) is 25.4 Å². The summed E-state index contributed by atoms with van der Waals surface area (Å²) in [5, 5.41) is 21.2. The molecule has 0 aliphatic rings. The normalized spacial score (nSPS) is 11.1. The molecule has 0 aliphatic heterocycles. The van der Waals surface area contributed by atoms with Gasteiger partial charge in [-0.2, -0.15) is 4.68 Å². The first-order chi connectivity index (χ1) is 11.9. The van der Waals surface area contributed by atoms with Crippen LogP contribution in [0.5, 0.6) is 0 Å². The van der Waals surface area contributed by atoms with Crippen molar-refractivity contribution in [3.63, 3.8) is 0 Å². The SMILES string of the molecule is CC(C)c1nnnn1-c1cc(C(=O)O)cc(-c2ccc(Cl)cc2F)c1. The Balaban J connectivity index is 2.22. The molecule has 1 heterocycles. The van der Waals surface area contributed by atoms with Crippen molar-refractivity contribution in [2.75, 3.05) is 0 Å². The molecule has 8 heteroatoms. The van der Waals surface area contributed by atoms with E-state index in [1.165, 1.54) is 28.9 Å². The Morgan fingerprint density at radius 3 is 2.64 bits per heavy atom. The van der Waals surface area contributed by atoms with Gasteiger partial charge in [-0.3, -0.25) is 0 Å². The van der Waals surface area contributed by atoms with Crippen LogP contribution in [-0.2, 0) is 0 Å². The second-order valence-corrected chi connectivity index (χ2v) is 6.24. The third-order valence-corrected chi connectivity index (χ3v) is 3.90. The Morgan fingerprint density at radius 1 is 1.24 bits per heavy atom. The molecule has 0 amide bonds. The quantitative estimate of drug-likeness (QED) is 0.762. The molecule has 0 bridgehead atoms. The fourth-order valence-corrected chi connectivity index (χ4v) is 2.63. The standard InChI is InChI=1S/C17H14ClFN4O2/c1-9(2)16-20-21-22-23(16)13-6-10(5-11(7-13)17(24)25)14-4-3-12(18)8-15(14)19/h3-9H,1-2H3,(H,24,25). The number of aromatic nitrogens is 4. The summed E-state index contributed by atoms with van der Waals surface area (Å²) in [6, 6.07) is 8.72. The van der Waals surface area contributed by atoms with Crippen LogP contribution in [0.15, 0.2) is 36.4 Å². The average Bonchev–Trinajstić information content (AvgIpc) is 3.04. The van der Waals surface area contributed by atoms with Crippen LogP contribution in [0.2, 0.25) is 5.02 Å². The molecule has 0 fully saturated rings. The lowest BCUT2D eigenvalue weighted by atomic mass is 10.0. The monoisotopic (exact) mass is 360 g/mol. The van der Waals surface area contributed by atoms with Crippen molar-refractivity contribution in [3.05, 3.63) is 58.6 Å². The van der Waals surface area contributed by atoms with Crippen LogP contribution in [0.1, 0.15) is 35.9 Å². The number of hydrogen-bond donors (Lipinski definition) is 1. The summed E-state index contributed by atoms with van der Waals surface area (Å²) in [6.45, 7) is 3.84. The fraction of sp³-hybridized carbons (Fsp3) is 0.176. The maximum Gasteiger partial charge on any atom is 0.335 e. The number of rotatable bonds is 4. The molecule has 25 heavy (non-hydrogen) atoms. The number of nitrogens with zero attached hydrogens (tertiary/aromatic N) is 4. The number of carboxylic acids is 1. The molecule has 2 aromatic carbocycles. The number of carbonyl (C=O) groups is 1. The topological polar surface area (TPSA) is 80.9 Å². The zero-order valence-corrected chi connectivity index (χ0v) is 14.2. The lowest BCUT2D eigenvalue weighted by Crippen LogP contribution is -2.07. The van der Waals surface area contributed by atoms with Crippen LogP contribution >= 0.6 is 11.6 Å². The van der Waals surface area contributed by atoms with Crippen LogP contribution < -0.4 is 0 Å². The minimum Gasteiger partial charge on any atom is -0.478 e. The van der Waals surface area contributed by atoms with Crippen LogP contribution in [0.4, 0.5) is 4.39 Å². The first-order valence-corrected chi connectivity index (χ1v) is 7.87. The third kappa shape index (κ3) is 3.36. The highest BCUT2D eigenvalue weighted by molar-refractivity contribution is 6.30. The Morgan fingerprint density at radius 2 is 2.00 bits per heavy atom. The van der Waals surface area contributed by atoms with Crippen LogP contribution in [0, 0.1) is 5.82 Å².